The summed E-state index contributed by atoms with van der Waals surface area (Å²) in [6.45, 7) is 4.21. The Morgan fingerprint density at radius 1 is 1.00 bits per heavy atom. The zero-order chi connectivity index (χ0) is 22.9. The summed E-state index contributed by atoms with van der Waals surface area (Å²) in [6.07, 6.45) is 1.53. The summed E-state index contributed by atoms with van der Waals surface area (Å²) in [7, 11) is 1.57. The van der Waals surface area contributed by atoms with Crippen LogP contribution in [0.4, 0.5) is 0 Å². The molecule has 0 fully saturated rings. The molecule has 1 N–H and O–H groups in total. The van der Waals surface area contributed by atoms with Crippen molar-refractivity contribution in [1.29, 1.82) is 0 Å². The van der Waals surface area contributed by atoms with E-state index in [2.05, 4.69) is 10.5 Å². The van der Waals surface area contributed by atoms with Crippen molar-refractivity contribution in [3.8, 4) is 17.2 Å². The van der Waals surface area contributed by atoms with E-state index in [0.29, 0.717) is 28.9 Å². The van der Waals surface area contributed by atoms with Crippen LogP contribution in [0.3, 0.4) is 0 Å². The van der Waals surface area contributed by atoms with E-state index in [1.54, 1.807) is 19.2 Å². The number of hydrogen-bond donors (Lipinski definition) is 1. The molecule has 0 atom stereocenters. The number of halogens is 1. The molecule has 0 unspecified atom stereocenters. The Hall–Kier alpha value is -3.51. The molecule has 0 spiro atoms. The number of nitrogens with zero attached hydrogens (tertiary/aromatic N) is 1. The van der Waals surface area contributed by atoms with Gasteiger partial charge in [0.25, 0.3) is 5.91 Å². The second-order valence-corrected chi connectivity index (χ2v) is 7.54. The van der Waals surface area contributed by atoms with E-state index in [1.165, 1.54) is 6.21 Å². The van der Waals surface area contributed by atoms with Crippen LogP contribution in [-0.4, -0.2) is 25.8 Å². The Morgan fingerprint density at radius 2 is 1.78 bits per heavy atom. The fourth-order valence-corrected chi connectivity index (χ4v) is 2.99. The molecule has 0 bridgehead atoms. The summed E-state index contributed by atoms with van der Waals surface area (Å²) in [5.74, 6) is 1.50. The smallest absolute Gasteiger partial charge is 0.277 e. The van der Waals surface area contributed by atoms with Gasteiger partial charge in [-0.1, -0.05) is 35.9 Å². The molecule has 3 rings (SSSR count). The van der Waals surface area contributed by atoms with Crippen LogP contribution in [0.15, 0.2) is 65.8 Å². The molecule has 166 valence electrons. The molecule has 0 aliphatic rings. The van der Waals surface area contributed by atoms with Crippen molar-refractivity contribution in [3.05, 3.63) is 87.9 Å². The summed E-state index contributed by atoms with van der Waals surface area (Å²) in [5, 5.41) is 4.67. The number of carbonyl (C=O) groups is 1. The third-order valence-corrected chi connectivity index (χ3v) is 5.06. The summed E-state index contributed by atoms with van der Waals surface area (Å²) < 4.78 is 16.8. The van der Waals surface area contributed by atoms with Crippen LogP contribution < -0.4 is 19.6 Å². The number of benzene rings is 3. The quantitative estimate of drug-likeness (QED) is 0.363. The number of hydrazone groups is 1. The first-order valence-electron chi connectivity index (χ1n) is 10.0. The molecular weight excluding hydrogens is 428 g/mol. The third kappa shape index (κ3) is 6.49. The van der Waals surface area contributed by atoms with E-state index in [0.717, 1.165) is 22.3 Å². The molecule has 7 heteroatoms. The lowest BCUT2D eigenvalue weighted by Crippen LogP contribution is -2.24. The summed E-state index contributed by atoms with van der Waals surface area (Å²) in [4.78, 5) is 12.0. The molecule has 0 radical (unpaired) electrons. The number of amides is 1. The largest absolute Gasteiger partial charge is 0.493 e. The van der Waals surface area contributed by atoms with Crippen molar-refractivity contribution in [1.82, 2.24) is 5.43 Å². The third-order valence-electron chi connectivity index (χ3n) is 4.81. The minimum Gasteiger partial charge on any atom is -0.493 e. The van der Waals surface area contributed by atoms with E-state index < -0.39 is 0 Å². The highest BCUT2D eigenvalue weighted by atomic mass is 35.5. The van der Waals surface area contributed by atoms with Gasteiger partial charge in [-0.05, 0) is 72.5 Å². The second kappa shape index (κ2) is 11.2. The van der Waals surface area contributed by atoms with Gasteiger partial charge in [0.05, 0.1) is 13.3 Å². The molecule has 3 aromatic carbocycles. The van der Waals surface area contributed by atoms with Crippen molar-refractivity contribution in [2.75, 3.05) is 13.7 Å². The molecular formula is C25H25ClN2O4. The van der Waals surface area contributed by atoms with Crippen molar-refractivity contribution < 1.29 is 19.0 Å². The molecule has 32 heavy (non-hydrogen) atoms. The number of carbonyl (C=O) groups excluding carboxylic acids is 1. The van der Waals surface area contributed by atoms with Gasteiger partial charge in [0.1, 0.15) is 12.4 Å². The van der Waals surface area contributed by atoms with Gasteiger partial charge in [-0.2, -0.15) is 5.10 Å². The van der Waals surface area contributed by atoms with Gasteiger partial charge in [-0.3, -0.25) is 4.79 Å². The molecule has 3 aromatic rings. The number of hydrogen-bond acceptors (Lipinski definition) is 5. The maximum absolute atomic E-state index is 12.0. The number of nitrogens with one attached hydrogen (secondary N) is 1. The fourth-order valence-electron chi connectivity index (χ4n) is 2.86. The van der Waals surface area contributed by atoms with E-state index in [-0.39, 0.29) is 12.5 Å². The lowest BCUT2D eigenvalue weighted by Gasteiger charge is -2.11. The zero-order valence-electron chi connectivity index (χ0n) is 18.2. The first-order valence-corrected chi connectivity index (χ1v) is 10.4. The Labute approximate surface area is 192 Å². The van der Waals surface area contributed by atoms with Crippen LogP contribution in [0.2, 0.25) is 5.02 Å². The Bertz CT molecular complexity index is 1100. The van der Waals surface area contributed by atoms with Gasteiger partial charge in [0, 0.05) is 5.02 Å². The van der Waals surface area contributed by atoms with Gasteiger partial charge < -0.3 is 14.2 Å². The van der Waals surface area contributed by atoms with Gasteiger partial charge >= 0.3 is 0 Å². The van der Waals surface area contributed by atoms with Gasteiger partial charge in [-0.15, -0.1) is 0 Å². The highest BCUT2D eigenvalue weighted by molar-refractivity contribution is 6.30. The Kier molecular flexibility index (Phi) is 8.11. The van der Waals surface area contributed by atoms with Crippen molar-refractivity contribution >= 4 is 23.7 Å². The van der Waals surface area contributed by atoms with Crippen molar-refractivity contribution in [2.24, 2.45) is 5.10 Å². The monoisotopic (exact) mass is 452 g/mol. The van der Waals surface area contributed by atoms with Crippen LogP contribution in [-0.2, 0) is 11.4 Å². The van der Waals surface area contributed by atoms with Crippen LogP contribution in [0.5, 0.6) is 17.2 Å². The van der Waals surface area contributed by atoms with Gasteiger partial charge in [0.2, 0.25) is 0 Å². The minimum absolute atomic E-state index is 0.123. The molecule has 0 saturated carbocycles. The fraction of sp³-hybridized carbons (Fsp3) is 0.200. The summed E-state index contributed by atoms with van der Waals surface area (Å²) in [6, 6.07) is 18.6. The van der Waals surface area contributed by atoms with Gasteiger partial charge in [0.15, 0.2) is 18.1 Å². The van der Waals surface area contributed by atoms with Crippen LogP contribution >= 0.6 is 11.6 Å². The summed E-state index contributed by atoms with van der Waals surface area (Å²) >= 11 is 5.91. The van der Waals surface area contributed by atoms with E-state index in [4.69, 9.17) is 25.8 Å². The number of ether oxygens (including phenoxy) is 3. The first-order chi connectivity index (χ1) is 15.5. The molecule has 0 heterocycles. The normalized spacial score (nSPS) is 10.8. The zero-order valence-corrected chi connectivity index (χ0v) is 19.0. The predicted octanol–water partition coefficient (Wildman–Crippen LogP) is 5.07. The lowest BCUT2D eigenvalue weighted by atomic mass is 10.1. The number of methoxy groups -OCH3 is 1. The highest BCUT2D eigenvalue weighted by Gasteiger charge is 2.07. The lowest BCUT2D eigenvalue weighted by molar-refractivity contribution is -0.123. The molecule has 6 nitrogen and oxygen atoms in total. The minimum atomic E-state index is -0.350. The number of aryl methyl sites for hydroxylation is 1. The van der Waals surface area contributed by atoms with Crippen molar-refractivity contribution in [3.63, 3.8) is 0 Å². The van der Waals surface area contributed by atoms with E-state index >= 15 is 0 Å². The molecule has 0 aliphatic carbocycles. The maximum Gasteiger partial charge on any atom is 0.277 e. The Morgan fingerprint density at radius 3 is 2.53 bits per heavy atom. The SMILES string of the molecule is COc1cc(/C=N/NC(=O)COc2cccc(C)c2C)ccc1OCc1ccc(Cl)cc1. The predicted molar refractivity (Wildman–Crippen MR) is 126 cm³/mol. The standard InChI is InChI=1S/C25H25ClN2O4/c1-17-5-4-6-22(18(17)2)32-16-25(29)28-27-14-20-9-12-23(24(13-20)30-3)31-15-19-7-10-21(26)11-8-19/h4-14H,15-16H2,1-3H3,(H,28,29)/b27-14+. The Balaban J connectivity index is 1.53. The first kappa shape index (κ1) is 23.2. The van der Waals surface area contributed by atoms with Crippen molar-refractivity contribution in [2.45, 2.75) is 20.5 Å². The maximum atomic E-state index is 12.0. The van der Waals surface area contributed by atoms with Crippen LogP contribution in [0, 0.1) is 13.8 Å². The topological polar surface area (TPSA) is 69.2 Å². The van der Waals surface area contributed by atoms with Crippen LogP contribution in [0.25, 0.3) is 0 Å². The summed E-state index contributed by atoms with van der Waals surface area (Å²) in [5.41, 5.74) is 6.32. The van der Waals surface area contributed by atoms with E-state index in [1.807, 2.05) is 62.4 Å². The second-order valence-electron chi connectivity index (χ2n) is 7.11. The van der Waals surface area contributed by atoms with E-state index in [9.17, 15) is 4.79 Å². The average molecular weight is 453 g/mol. The average Bonchev–Trinajstić information content (AvgIpc) is 2.80. The molecule has 0 saturated heterocycles. The van der Waals surface area contributed by atoms with Crippen LogP contribution in [0.1, 0.15) is 22.3 Å². The number of rotatable bonds is 9. The molecule has 0 aliphatic heterocycles. The highest BCUT2D eigenvalue weighted by Crippen LogP contribution is 2.28. The molecule has 0 aromatic heterocycles. The molecule has 1 amide bonds. The van der Waals surface area contributed by atoms with Gasteiger partial charge in [-0.25, -0.2) is 5.43 Å².